The maximum absolute atomic E-state index is 4.47. The van der Waals surface area contributed by atoms with Gasteiger partial charge in [-0.25, -0.2) is 0 Å². The molecule has 0 unspecified atom stereocenters. The third-order valence-corrected chi connectivity index (χ3v) is 7.37. The predicted molar refractivity (Wildman–Crippen MR) is 142 cm³/mol. The number of nitrogens with zero attached hydrogens (tertiary/aromatic N) is 1. The maximum atomic E-state index is 4.47. The highest BCUT2D eigenvalue weighted by molar-refractivity contribution is 7.98. The van der Waals surface area contributed by atoms with E-state index in [1.807, 2.05) is 11.8 Å². The van der Waals surface area contributed by atoms with Gasteiger partial charge in [0.15, 0.2) is 0 Å². The number of fused-ring (bicyclic) bond motifs is 3. The quantitative estimate of drug-likeness (QED) is 0.154. The first kappa shape index (κ1) is 20.5. The summed E-state index contributed by atoms with van der Waals surface area (Å²) < 4.78 is 0. The van der Waals surface area contributed by atoms with Crippen LogP contribution in [0.5, 0.6) is 0 Å². The second-order valence-electron chi connectivity index (χ2n) is 8.11. The van der Waals surface area contributed by atoms with Gasteiger partial charge in [0.05, 0.1) is 5.69 Å². The van der Waals surface area contributed by atoms with Gasteiger partial charge in [-0.15, -0.1) is 11.8 Å². The van der Waals surface area contributed by atoms with Crippen LogP contribution in [0.25, 0.3) is 32.7 Å². The van der Waals surface area contributed by atoms with E-state index < -0.39 is 0 Å². The van der Waals surface area contributed by atoms with Crippen LogP contribution in [0.1, 0.15) is 16.7 Å². The molecule has 0 atom stereocenters. The average molecular weight is 432 g/mol. The molecule has 0 aliphatic carbocycles. The number of rotatable bonds is 5. The Morgan fingerprint density at radius 2 is 1.25 bits per heavy atom. The number of hydrogen-bond donors (Lipinski definition) is 0. The van der Waals surface area contributed by atoms with Crippen LogP contribution >= 0.6 is 11.8 Å². The van der Waals surface area contributed by atoms with Crippen molar-refractivity contribution in [3.8, 4) is 11.1 Å². The lowest BCUT2D eigenvalue weighted by atomic mass is 9.87. The molecule has 0 radical (unpaired) electrons. The van der Waals surface area contributed by atoms with Crippen molar-refractivity contribution < 1.29 is 0 Å². The van der Waals surface area contributed by atoms with Gasteiger partial charge in [0, 0.05) is 10.6 Å². The molecule has 0 N–H and O–H groups in total. The predicted octanol–water partition coefficient (Wildman–Crippen LogP) is 8.90. The van der Waals surface area contributed by atoms with Gasteiger partial charge in [-0.1, -0.05) is 84.9 Å². The van der Waals surface area contributed by atoms with Gasteiger partial charge in [-0.05, 0) is 76.0 Å². The van der Waals surface area contributed by atoms with E-state index in [-0.39, 0.29) is 0 Å². The lowest BCUT2D eigenvalue weighted by Crippen LogP contribution is -1.93. The largest absolute Gasteiger partial charge is 0.263 e. The molecule has 0 heterocycles. The second kappa shape index (κ2) is 8.64. The van der Waals surface area contributed by atoms with Gasteiger partial charge in [0.25, 0.3) is 0 Å². The van der Waals surface area contributed by atoms with Crippen molar-refractivity contribution in [1.29, 1.82) is 0 Å². The van der Waals surface area contributed by atoms with Crippen molar-refractivity contribution in [2.75, 3.05) is 0 Å². The van der Waals surface area contributed by atoms with Crippen molar-refractivity contribution in [3.05, 3.63) is 108 Å². The zero-order valence-electron chi connectivity index (χ0n) is 18.4. The van der Waals surface area contributed by atoms with Crippen molar-refractivity contribution >= 4 is 45.7 Å². The standard InChI is InChI=1S/C30H25NS/c1-20-23-13-7-8-14-25(23)26-15-9-10-16-27(26)29(20)24-17-18-28(30(31-3)21(24)2)32-19-22-11-5-4-6-12-22/h4-18H,3,19H2,1-2H3. The zero-order valence-corrected chi connectivity index (χ0v) is 19.2. The summed E-state index contributed by atoms with van der Waals surface area (Å²) in [4.78, 5) is 5.64. The SMILES string of the molecule is C=Nc1c(SCc2ccccc2)ccc(-c2c(C)c3ccccc3c3ccccc23)c1C. The molecular weight excluding hydrogens is 406 g/mol. The van der Waals surface area contributed by atoms with Crippen LogP contribution in [0.2, 0.25) is 0 Å². The van der Waals surface area contributed by atoms with Crippen LogP contribution in [0.15, 0.2) is 101 Å². The number of hydrogen-bond acceptors (Lipinski definition) is 2. The lowest BCUT2D eigenvalue weighted by Gasteiger charge is -2.19. The molecule has 156 valence electrons. The Hall–Kier alpha value is -3.36. The molecule has 2 heteroatoms. The highest BCUT2D eigenvalue weighted by atomic mass is 32.2. The van der Waals surface area contributed by atoms with E-state index in [0.29, 0.717) is 0 Å². The van der Waals surface area contributed by atoms with Gasteiger partial charge >= 0.3 is 0 Å². The van der Waals surface area contributed by atoms with Gasteiger partial charge < -0.3 is 0 Å². The molecule has 0 saturated carbocycles. The van der Waals surface area contributed by atoms with Crippen LogP contribution in [0.4, 0.5) is 5.69 Å². The molecule has 0 aliphatic rings. The van der Waals surface area contributed by atoms with Crippen molar-refractivity contribution in [3.63, 3.8) is 0 Å². The fourth-order valence-electron chi connectivity index (χ4n) is 4.66. The molecule has 1 nitrogen and oxygen atoms in total. The Morgan fingerprint density at radius 1 is 0.656 bits per heavy atom. The zero-order chi connectivity index (χ0) is 22.1. The summed E-state index contributed by atoms with van der Waals surface area (Å²) >= 11 is 1.82. The Labute approximate surface area is 193 Å². The van der Waals surface area contributed by atoms with Crippen molar-refractivity contribution in [2.45, 2.75) is 24.5 Å². The fourth-order valence-corrected chi connectivity index (χ4v) is 5.69. The van der Waals surface area contributed by atoms with Gasteiger partial charge in [0.1, 0.15) is 0 Å². The third-order valence-electron chi connectivity index (χ3n) is 6.25. The minimum atomic E-state index is 0.917. The van der Waals surface area contributed by atoms with Gasteiger partial charge in [-0.3, -0.25) is 4.99 Å². The highest BCUT2D eigenvalue weighted by Crippen LogP contribution is 2.44. The minimum Gasteiger partial charge on any atom is -0.263 e. The molecule has 0 aliphatic heterocycles. The summed E-state index contributed by atoms with van der Waals surface area (Å²) in [6, 6.07) is 32.5. The summed E-state index contributed by atoms with van der Waals surface area (Å²) in [5.41, 5.74) is 7.31. The Balaban J connectivity index is 1.68. The molecule has 0 spiro atoms. The monoisotopic (exact) mass is 431 g/mol. The second-order valence-corrected chi connectivity index (χ2v) is 9.13. The molecule has 5 aromatic carbocycles. The summed E-state index contributed by atoms with van der Waals surface area (Å²) in [5, 5.41) is 5.18. The molecule has 0 fully saturated rings. The Morgan fingerprint density at radius 3 is 1.94 bits per heavy atom. The third kappa shape index (κ3) is 3.51. The fraction of sp³-hybridized carbons (Fsp3) is 0.100. The van der Waals surface area contributed by atoms with E-state index in [1.165, 1.54) is 54.3 Å². The summed E-state index contributed by atoms with van der Waals surface area (Å²) in [6.45, 7) is 8.33. The normalized spacial score (nSPS) is 11.2. The smallest absolute Gasteiger partial charge is 0.0793 e. The maximum Gasteiger partial charge on any atom is 0.0793 e. The first-order valence-electron chi connectivity index (χ1n) is 10.9. The van der Waals surface area contributed by atoms with E-state index in [9.17, 15) is 0 Å². The van der Waals surface area contributed by atoms with E-state index in [1.54, 1.807) is 0 Å². The van der Waals surface area contributed by atoms with E-state index in [2.05, 4.69) is 117 Å². The molecular formula is C30H25NS. The van der Waals surface area contributed by atoms with Gasteiger partial charge in [0.2, 0.25) is 0 Å². The number of thioether (sulfide) groups is 1. The van der Waals surface area contributed by atoms with Crippen molar-refractivity contribution in [2.24, 2.45) is 4.99 Å². The topological polar surface area (TPSA) is 12.4 Å². The molecule has 0 amide bonds. The average Bonchev–Trinajstić information content (AvgIpc) is 2.84. The van der Waals surface area contributed by atoms with Gasteiger partial charge in [-0.2, -0.15) is 0 Å². The first-order chi connectivity index (χ1) is 15.7. The number of benzene rings is 5. The lowest BCUT2D eigenvalue weighted by molar-refractivity contribution is 1.30. The first-order valence-corrected chi connectivity index (χ1v) is 11.8. The van der Waals surface area contributed by atoms with Crippen molar-refractivity contribution in [1.82, 2.24) is 0 Å². The minimum absolute atomic E-state index is 0.917. The molecule has 5 aromatic rings. The Kier molecular flexibility index (Phi) is 5.55. The number of aryl methyl sites for hydroxylation is 1. The van der Waals surface area contributed by atoms with Crippen LogP contribution in [-0.4, -0.2) is 6.72 Å². The molecule has 0 aromatic heterocycles. The van der Waals surface area contributed by atoms with E-state index in [4.69, 9.17) is 0 Å². The molecule has 32 heavy (non-hydrogen) atoms. The summed E-state index contributed by atoms with van der Waals surface area (Å²) in [5.74, 6) is 0.917. The van der Waals surface area contributed by atoms with E-state index >= 15 is 0 Å². The van der Waals surface area contributed by atoms with Crippen LogP contribution in [0.3, 0.4) is 0 Å². The molecule has 0 saturated heterocycles. The molecule has 0 bridgehead atoms. The molecule has 5 rings (SSSR count). The van der Waals surface area contributed by atoms with Crippen LogP contribution in [0, 0.1) is 13.8 Å². The van der Waals surface area contributed by atoms with Crippen LogP contribution in [-0.2, 0) is 5.75 Å². The van der Waals surface area contributed by atoms with E-state index in [0.717, 1.165) is 11.4 Å². The highest BCUT2D eigenvalue weighted by Gasteiger charge is 2.17. The summed E-state index contributed by atoms with van der Waals surface area (Å²) in [6.07, 6.45) is 0. The van der Waals surface area contributed by atoms with Crippen LogP contribution < -0.4 is 0 Å². The number of aliphatic imine (C=N–C) groups is 1. The summed E-state index contributed by atoms with van der Waals surface area (Å²) in [7, 11) is 0. The Bertz CT molecular complexity index is 1450.